The second-order valence-corrected chi connectivity index (χ2v) is 5.24. The Balaban J connectivity index is 1.83. The highest BCUT2D eigenvalue weighted by molar-refractivity contribution is 5.90. The predicted molar refractivity (Wildman–Crippen MR) is 73.0 cm³/mol. The predicted octanol–water partition coefficient (Wildman–Crippen LogP) is 2.25. The van der Waals surface area contributed by atoms with Gasteiger partial charge in [-0.25, -0.2) is 0 Å². The molecule has 1 aliphatic heterocycles. The Morgan fingerprint density at radius 1 is 1.42 bits per heavy atom. The van der Waals surface area contributed by atoms with Gasteiger partial charge in [0.1, 0.15) is 6.10 Å². The molecule has 0 aliphatic carbocycles. The number of benzene rings is 1. The average molecular weight is 258 g/mol. The third-order valence-corrected chi connectivity index (χ3v) is 3.77. The van der Waals surface area contributed by atoms with Gasteiger partial charge in [-0.05, 0) is 25.8 Å². The molecule has 19 heavy (non-hydrogen) atoms. The molecular formula is C15H18N2O2. The molecule has 1 aliphatic rings. The number of carbonyl (C=O) groups is 1. The number of hydrogen-bond donors (Lipinski definition) is 0. The van der Waals surface area contributed by atoms with E-state index in [4.69, 9.17) is 4.74 Å². The van der Waals surface area contributed by atoms with E-state index in [-0.39, 0.29) is 18.0 Å². The maximum atomic E-state index is 12.2. The lowest BCUT2D eigenvalue weighted by molar-refractivity contribution is -0.128. The Morgan fingerprint density at radius 2 is 2.21 bits per heavy atom. The van der Waals surface area contributed by atoms with Gasteiger partial charge in [0.25, 0.3) is 0 Å². The van der Waals surface area contributed by atoms with Crippen LogP contribution in [-0.2, 0) is 23.0 Å². The lowest BCUT2D eigenvalue weighted by atomic mass is 10.1. The van der Waals surface area contributed by atoms with Crippen LogP contribution in [-0.4, -0.2) is 27.8 Å². The molecule has 2 aromatic rings. The molecule has 4 nitrogen and oxygen atoms in total. The van der Waals surface area contributed by atoms with Gasteiger partial charge < -0.3 is 4.74 Å². The smallest absolute Gasteiger partial charge is 0.167 e. The first-order chi connectivity index (χ1) is 9.15. The number of fused-ring (bicyclic) bond motifs is 1. The second kappa shape index (κ2) is 4.78. The van der Waals surface area contributed by atoms with E-state index in [0.717, 1.165) is 29.4 Å². The Hall–Kier alpha value is -1.68. The van der Waals surface area contributed by atoms with Crippen LogP contribution in [0.3, 0.4) is 0 Å². The molecule has 100 valence electrons. The molecule has 2 atom stereocenters. The zero-order chi connectivity index (χ0) is 13.4. The minimum Gasteiger partial charge on any atom is -0.367 e. The Morgan fingerprint density at radius 3 is 2.95 bits per heavy atom. The summed E-state index contributed by atoms with van der Waals surface area (Å²) >= 11 is 0. The summed E-state index contributed by atoms with van der Waals surface area (Å²) in [6, 6.07) is 8.00. The van der Waals surface area contributed by atoms with Crippen molar-refractivity contribution in [2.45, 2.75) is 38.4 Å². The van der Waals surface area contributed by atoms with E-state index in [0.29, 0.717) is 6.42 Å². The van der Waals surface area contributed by atoms with Crippen molar-refractivity contribution in [1.82, 2.24) is 9.78 Å². The van der Waals surface area contributed by atoms with E-state index in [2.05, 4.69) is 5.10 Å². The summed E-state index contributed by atoms with van der Waals surface area (Å²) < 4.78 is 7.46. The Labute approximate surface area is 112 Å². The molecule has 1 fully saturated rings. The van der Waals surface area contributed by atoms with E-state index in [1.807, 2.05) is 42.9 Å². The number of aryl methyl sites for hydroxylation is 1. The van der Waals surface area contributed by atoms with Crippen molar-refractivity contribution >= 4 is 16.7 Å². The van der Waals surface area contributed by atoms with Crippen LogP contribution in [0, 0.1) is 0 Å². The minimum absolute atomic E-state index is 0.146. The molecule has 0 bridgehead atoms. The number of rotatable bonds is 3. The lowest BCUT2D eigenvalue weighted by Crippen LogP contribution is -2.22. The number of para-hydroxylation sites is 1. The number of hydrogen-bond acceptors (Lipinski definition) is 3. The summed E-state index contributed by atoms with van der Waals surface area (Å²) in [4.78, 5) is 12.2. The number of aromatic nitrogens is 2. The van der Waals surface area contributed by atoms with Crippen LogP contribution in [0.5, 0.6) is 0 Å². The molecule has 2 unspecified atom stereocenters. The summed E-state index contributed by atoms with van der Waals surface area (Å²) in [6.07, 6.45) is 2.13. The van der Waals surface area contributed by atoms with Crippen LogP contribution in [0.4, 0.5) is 0 Å². The lowest BCUT2D eigenvalue weighted by Gasteiger charge is -2.08. The van der Waals surface area contributed by atoms with Gasteiger partial charge in [0.15, 0.2) is 5.78 Å². The maximum absolute atomic E-state index is 12.2. The third-order valence-electron chi connectivity index (χ3n) is 3.77. The fraction of sp³-hybridized carbons (Fsp3) is 0.467. The fourth-order valence-electron chi connectivity index (χ4n) is 2.74. The quantitative estimate of drug-likeness (QED) is 0.848. The van der Waals surface area contributed by atoms with Crippen molar-refractivity contribution < 1.29 is 9.53 Å². The zero-order valence-electron chi connectivity index (χ0n) is 11.3. The van der Waals surface area contributed by atoms with Crippen LogP contribution in [0.15, 0.2) is 24.3 Å². The number of carbonyl (C=O) groups excluding carboxylic acids is 1. The summed E-state index contributed by atoms with van der Waals surface area (Å²) in [5.74, 6) is 0.146. The molecule has 0 spiro atoms. The summed E-state index contributed by atoms with van der Waals surface area (Å²) in [5.41, 5.74) is 1.91. The van der Waals surface area contributed by atoms with Crippen molar-refractivity contribution in [1.29, 1.82) is 0 Å². The van der Waals surface area contributed by atoms with E-state index >= 15 is 0 Å². The topological polar surface area (TPSA) is 44.1 Å². The normalized spacial score (nSPS) is 23.1. The highest BCUT2D eigenvalue weighted by Gasteiger charge is 2.28. The van der Waals surface area contributed by atoms with E-state index in [1.165, 1.54) is 0 Å². The van der Waals surface area contributed by atoms with Crippen LogP contribution in [0.25, 0.3) is 10.9 Å². The van der Waals surface area contributed by atoms with Crippen LogP contribution in [0.2, 0.25) is 0 Å². The fourth-order valence-corrected chi connectivity index (χ4v) is 2.74. The van der Waals surface area contributed by atoms with Crippen molar-refractivity contribution in [2.75, 3.05) is 0 Å². The highest BCUT2D eigenvalue weighted by atomic mass is 16.5. The van der Waals surface area contributed by atoms with Crippen molar-refractivity contribution in [3.05, 3.63) is 30.0 Å². The van der Waals surface area contributed by atoms with E-state index in [1.54, 1.807) is 0 Å². The second-order valence-electron chi connectivity index (χ2n) is 5.24. The van der Waals surface area contributed by atoms with Crippen LogP contribution in [0.1, 0.15) is 25.5 Å². The monoisotopic (exact) mass is 258 g/mol. The molecular weight excluding hydrogens is 240 g/mol. The first kappa shape index (κ1) is 12.4. The molecule has 3 rings (SSSR count). The summed E-state index contributed by atoms with van der Waals surface area (Å²) in [6.45, 7) is 2.02. The van der Waals surface area contributed by atoms with Gasteiger partial charge in [-0.3, -0.25) is 9.48 Å². The number of ether oxygens (including phenoxy) is 1. The minimum atomic E-state index is -0.240. The van der Waals surface area contributed by atoms with Gasteiger partial charge in [0, 0.05) is 12.4 Å². The van der Waals surface area contributed by atoms with Gasteiger partial charge in [0.2, 0.25) is 0 Å². The van der Waals surface area contributed by atoms with Crippen molar-refractivity contribution in [3.63, 3.8) is 0 Å². The summed E-state index contributed by atoms with van der Waals surface area (Å²) in [5, 5.41) is 5.52. The number of Topliss-reactive ketones (excluding diaryl/α,β-unsaturated/α-hetero) is 1. The van der Waals surface area contributed by atoms with Crippen molar-refractivity contribution in [3.8, 4) is 0 Å². The maximum Gasteiger partial charge on any atom is 0.167 e. The van der Waals surface area contributed by atoms with Gasteiger partial charge in [-0.2, -0.15) is 5.10 Å². The van der Waals surface area contributed by atoms with Crippen molar-refractivity contribution in [2.24, 2.45) is 7.05 Å². The molecule has 1 aromatic carbocycles. The number of ketones is 1. The first-order valence-electron chi connectivity index (χ1n) is 6.74. The Bertz CT molecular complexity index is 618. The SMILES string of the molecule is CC1CCC(C(=O)Cc2nn(C)c3ccccc23)O1. The van der Waals surface area contributed by atoms with Crippen LogP contribution < -0.4 is 0 Å². The molecule has 0 amide bonds. The average Bonchev–Trinajstić information content (AvgIpc) is 2.96. The molecule has 0 radical (unpaired) electrons. The molecule has 4 heteroatoms. The standard InChI is InChI=1S/C15H18N2O2/c1-10-7-8-15(19-10)14(18)9-12-11-5-3-4-6-13(11)17(2)16-12/h3-6,10,15H,7-9H2,1-2H3. The highest BCUT2D eigenvalue weighted by Crippen LogP contribution is 2.23. The van der Waals surface area contributed by atoms with Gasteiger partial charge in [0.05, 0.1) is 23.7 Å². The Kier molecular flexibility index (Phi) is 3.11. The van der Waals surface area contributed by atoms with Gasteiger partial charge in [-0.15, -0.1) is 0 Å². The number of nitrogens with zero attached hydrogens (tertiary/aromatic N) is 2. The molecule has 1 aromatic heterocycles. The molecule has 0 N–H and O–H groups in total. The molecule has 0 saturated carbocycles. The van der Waals surface area contributed by atoms with Gasteiger partial charge in [-0.1, -0.05) is 18.2 Å². The van der Waals surface area contributed by atoms with Gasteiger partial charge >= 0.3 is 0 Å². The molecule has 1 saturated heterocycles. The van der Waals surface area contributed by atoms with E-state index in [9.17, 15) is 4.79 Å². The first-order valence-corrected chi connectivity index (χ1v) is 6.74. The summed E-state index contributed by atoms with van der Waals surface area (Å²) in [7, 11) is 1.91. The largest absolute Gasteiger partial charge is 0.367 e. The third kappa shape index (κ3) is 2.28. The zero-order valence-corrected chi connectivity index (χ0v) is 11.3. The molecule has 2 heterocycles. The van der Waals surface area contributed by atoms with Crippen LogP contribution >= 0.6 is 0 Å². The van der Waals surface area contributed by atoms with E-state index < -0.39 is 0 Å².